The molecule has 0 bridgehead atoms. The van der Waals surface area contributed by atoms with Gasteiger partial charge in [0.25, 0.3) is 0 Å². The van der Waals surface area contributed by atoms with Crippen LogP contribution >= 0.6 is 23.2 Å². The molecular weight excluding hydrogens is 533 g/mol. The summed E-state index contributed by atoms with van der Waals surface area (Å²) in [6, 6.07) is 13.7. The van der Waals surface area contributed by atoms with Crippen molar-refractivity contribution in [2.24, 2.45) is 5.41 Å². The van der Waals surface area contributed by atoms with Crippen molar-refractivity contribution in [2.45, 2.75) is 76.6 Å². The van der Waals surface area contributed by atoms with Gasteiger partial charge in [0.1, 0.15) is 0 Å². The second-order valence-corrected chi connectivity index (χ2v) is 13.8. The van der Waals surface area contributed by atoms with Gasteiger partial charge in [-0.1, -0.05) is 61.3 Å². The first kappa shape index (κ1) is 29.5. The second-order valence-electron chi connectivity index (χ2n) is 10.4. The molecule has 1 aliphatic rings. The average molecular weight is 569 g/mol. The number of rotatable bonds is 10. The minimum absolute atomic E-state index is 0.0578. The smallest absolute Gasteiger partial charge is 0.304 e. The lowest BCUT2D eigenvalue weighted by molar-refractivity contribution is -0.160. The molecule has 0 spiro atoms. The van der Waals surface area contributed by atoms with Crippen LogP contribution in [0.2, 0.25) is 10.0 Å². The Hall–Kier alpha value is -2.09. The van der Waals surface area contributed by atoms with Crippen molar-refractivity contribution in [3.05, 3.63) is 69.7 Å². The van der Waals surface area contributed by atoms with E-state index in [4.69, 9.17) is 23.2 Å². The number of aliphatic carboxylic acids is 1. The summed E-state index contributed by atoms with van der Waals surface area (Å²) < 4.78 is 25.6. The maximum absolute atomic E-state index is 14.1. The van der Waals surface area contributed by atoms with Crippen molar-refractivity contribution in [1.82, 2.24) is 4.90 Å². The highest BCUT2D eigenvalue weighted by Crippen LogP contribution is 2.52. The molecule has 1 amide bonds. The van der Waals surface area contributed by atoms with Crippen LogP contribution in [0.5, 0.6) is 0 Å². The van der Waals surface area contributed by atoms with Gasteiger partial charge in [-0.2, -0.15) is 0 Å². The van der Waals surface area contributed by atoms with Crippen molar-refractivity contribution >= 4 is 44.9 Å². The molecule has 1 aliphatic heterocycles. The molecular formula is C28H35Cl2NO5S. The Morgan fingerprint density at radius 2 is 1.76 bits per heavy atom. The molecule has 9 heteroatoms. The molecule has 1 saturated heterocycles. The maximum Gasteiger partial charge on any atom is 0.304 e. The van der Waals surface area contributed by atoms with Crippen LogP contribution < -0.4 is 0 Å². The Kier molecular flexibility index (Phi) is 9.36. The van der Waals surface area contributed by atoms with Gasteiger partial charge in [-0.15, -0.1) is 0 Å². The zero-order valence-corrected chi connectivity index (χ0v) is 24.0. The molecule has 37 heavy (non-hydrogen) atoms. The molecule has 0 aliphatic carbocycles. The minimum Gasteiger partial charge on any atom is -0.481 e. The van der Waals surface area contributed by atoms with Crippen LogP contribution in [0.15, 0.2) is 48.5 Å². The minimum atomic E-state index is -3.34. The van der Waals surface area contributed by atoms with Crippen LogP contribution in [0.3, 0.4) is 0 Å². The van der Waals surface area contributed by atoms with Gasteiger partial charge in [-0.25, -0.2) is 8.42 Å². The third-order valence-electron chi connectivity index (χ3n) is 7.61. The molecule has 0 radical (unpaired) electrons. The molecule has 202 valence electrons. The van der Waals surface area contributed by atoms with Gasteiger partial charge < -0.3 is 10.0 Å². The molecule has 6 nitrogen and oxygen atoms in total. The fourth-order valence-corrected chi connectivity index (χ4v) is 7.20. The van der Waals surface area contributed by atoms with Gasteiger partial charge in [-0.05, 0) is 68.5 Å². The molecule has 3 unspecified atom stereocenters. The summed E-state index contributed by atoms with van der Waals surface area (Å²) in [6.07, 6.45) is 0.735. The SMILES string of the molecule is CC[C@H](C)S(=O)(=O)CC[C@@H](C)N1C(=O)C(C)(CC(=O)O)CC(c2cccc(Cl)c2)C1c1ccc(Cl)cc1. The molecule has 1 heterocycles. The van der Waals surface area contributed by atoms with E-state index < -0.39 is 38.6 Å². The number of carbonyl (C=O) groups is 2. The molecule has 5 atom stereocenters. The van der Waals surface area contributed by atoms with Crippen LogP contribution in [-0.2, 0) is 19.4 Å². The molecule has 1 fully saturated rings. The fourth-order valence-electron chi connectivity index (χ4n) is 5.29. The van der Waals surface area contributed by atoms with Crippen LogP contribution in [0.4, 0.5) is 0 Å². The summed E-state index contributed by atoms with van der Waals surface area (Å²) in [5, 5.41) is 10.3. The number of piperidine rings is 1. The topological polar surface area (TPSA) is 91.8 Å². The Balaban J connectivity index is 2.14. The first-order valence-corrected chi connectivity index (χ1v) is 15.0. The van der Waals surface area contributed by atoms with E-state index in [-0.39, 0.29) is 30.4 Å². The Labute approximate surface area is 229 Å². The summed E-state index contributed by atoms with van der Waals surface area (Å²) in [4.78, 5) is 27.7. The number of nitrogens with zero attached hydrogens (tertiary/aromatic N) is 1. The van der Waals surface area contributed by atoms with Gasteiger partial charge in [0.15, 0.2) is 9.84 Å². The number of hydrogen-bond donors (Lipinski definition) is 1. The quantitative estimate of drug-likeness (QED) is 0.352. The van der Waals surface area contributed by atoms with Crippen molar-refractivity contribution in [3.63, 3.8) is 0 Å². The third-order valence-corrected chi connectivity index (χ3v) is 10.5. The lowest BCUT2D eigenvalue weighted by atomic mass is 9.67. The third kappa shape index (κ3) is 6.68. The van der Waals surface area contributed by atoms with Crippen LogP contribution in [0.25, 0.3) is 0 Å². The Bertz CT molecular complexity index is 1230. The van der Waals surface area contributed by atoms with Crippen LogP contribution in [-0.4, -0.2) is 47.3 Å². The van der Waals surface area contributed by atoms with E-state index in [1.165, 1.54) is 0 Å². The van der Waals surface area contributed by atoms with E-state index in [1.807, 2.05) is 44.2 Å². The monoisotopic (exact) mass is 567 g/mol. The number of sulfone groups is 1. The summed E-state index contributed by atoms with van der Waals surface area (Å²) in [5.41, 5.74) is 0.559. The predicted molar refractivity (Wildman–Crippen MR) is 148 cm³/mol. The molecule has 1 N–H and O–H groups in total. The van der Waals surface area contributed by atoms with Crippen molar-refractivity contribution < 1.29 is 23.1 Å². The highest BCUT2D eigenvalue weighted by Gasteiger charge is 2.51. The van der Waals surface area contributed by atoms with Gasteiger partial charge in [0.05, 0.1) is 28.9 Å². The number of hydrogen-bond acceptors (Lipinski definition) is 4. The number of carboxylic acids is 1. The molecule has 2 aromatic rings. The number of amides is 1. The highest BCUT2D eigenvalue weighted by molar-refractivity contribution is 7.92. The molecule has 3 rings (SSSR count). The molecule has 2 aromatic carbocycles. The first-order valence-electron chi connectivity index (χ1n) is 12.6. The Morgan fingerprint density at radius 3 is 2.32 bits per heavy atom. The van der Waals surface area contributed by atoms with Crippen LogP contribution in [0.1, 0.15) is 76.5 Å². The number of halogens is 2. The van der Waals surface area contributed by atoms with Crippen molar-refractivity contribution in [2.75, 3.05) is 5.75 Å². The summed E-state index contributed by atoms with van der Waals surface area (Å²) >= 11 is 12.5. The molecule has 0 saturated carbocycles. The Morgan fingerprint density at radius 1 is 1.11 bits per heavy atom. The normalized spacial score (nSPS) is 24.1. The number of carbonyl (C=O) groups excluding carboxylic acids is 1. The predicted octanol–water partition coefficient (Wildman–Crippen LogP) is 6.52. The summed E-state index contributed by atoms with van der Waals surface area (Å²) in [6.45, 7) is 7.06. The van der Waals surface area contributed by atoms with E-state index in [2.05, 4.69) is 0 Å². The van der Waals surface area contributed by atoms with E-state index in [0.717, 1.165) is 11.1 Å². The van der Waals surface area contributed by atoms with Gasteiger partial charge in [-0.3, -0.25) is 9.59 Å². The second kappa shape index (κ2) is 11.7. The zero-order chi connectivity index (χ0) is 27.5. The summed E-state index contributed by atoms with van der Waals surface area (Å²) in [5.74, 6) is -1.67. The first-order chi connectivity index (χ1) is 17.3. The number of carboxylic acid groups (broad SMARTS) is 1. The average Bonchev–Trinajstić information content (AvgIpc) is 2.83. The summed E-state index contributed by atoms with van der Waals surface area (Å²) in [7, 11) is -3.34. The number of benzene rings is 2. The van der Waals surface area contributed by atoms with Crippen molar-refractivity contribution in [1.29, 1.82) is 0 Å². The van der Waals surface area contributed by atoms with Gasteiger partial charge >= 0.3 is 5.97 Å². The van der Waals surface area contributed by atoms with E-state index in [9.17, 15) is 23.1 Å². The largest absolute Gasteiger partial charge is 0.481 e. The van der Waals surface area contributed by atoms with Crippen molar-refractivity contribution in [3.8, 4) is 0 Å². The molecule has 0 aromatic heterocycles. The van der Waals surface area contributed by atoms with Gasteiger partial charge in [0.2, 0.25) is 5.91 Å². The van der Waals surface area contributed by atoms with Crippen LogP contribution in [0, 0.1) is 5.41 Å². The fraction of sp³-hybridized carbons (Fsp3) is 0.500. The van der Waals surface area contributed by atoms with E-state index in [0.29, 0.717) is 22.9 Å². The zero-order valence-electron chi connectivity index (χ0n) is 21.7. The van der Waals surface area contributed by atoms with Gasteiger partial charge in [0, 0.05) is 22.0 Å². The van der Waals surface area contributed by atoms with E-state index in [1.54, 1.807) is 36.9 Å². The highest BCUT2D eigenvalue weighted by atomic mass is 35.5. The lowest BCUT2D eigenvalue weighted by Crippen LogP contribution is -2.55. The standard InChI is InChI=1S/C28H35Cl2NO5S/c1-5-19(3)37(35,36)14-13-18(2)31-26(20-9-11-22(29)12-10-20)24(21-7-6-8-23(30)15-21)16-28(4,27(31)34)17-25(32)33/h6-12,15,18-19,24,26H,5,13-14,16-17H2,1-4H3,(H,32,33)/t18-,19+,24?,26?,28?/m1/s1. The maximum atomic E-state index is 14.1. The number of likely N-dealkylation sites (tertiary alicyclic amines) is 1. The lowest BCUT2D eigenvalue weighted by Gasteiger charge is -2.51. The van der Waals surface area contributed by atoms with E-state index >= 15 is 0 Å².